The van der Waals surface area contributed by atoms with E-state index in [1.54, 1.807) is 31.2 Å². The van der Waals surface area contributed by atoms with Crippen molar-refractivity contribution < 1.29 is 19.5 Å². The number of fused-ring (bicyclic) bond motifs is 1. The molecule has 0 heterocycles. The molecule has 6 nitrogen and oxygen atoms in total. The molecule has 3 N–H and O–H groups in total. The molecule has 0 unspecified atom stereocenters. The van der Waals surface area contributed by atoms with E-state index in [2.05, 4.69) is 10.6 Å². The summed E-state index contributed by atoms with van der Waals surface area (Å²) in [7, 11) is 0. The van der Waals surface area contributed by atoms with Crippen LogP contribution in [0.5, 0.6) is 0 Å². The van der Waals surface area contributed by atoms with E-state index in [-0.39, 0.29) is 18.2 Å². The first kappa shape index (κ1) is 18.6. The molecule has 1 aliphatic carbocycles. The summed E-state index contributed by atoms with van der Waals surface area (Å²) >= 11 is 0. The number of hydrogen-bond donors (Lipinski definition) is 3. The van der Waals surface area contributed by atoms with E-state index in [9.17, 15) is 19.5 Å². The van der Waals surface area contributed by atoms with Crippen LogP contribution in [0.15, 0.2) is 48.5 Å². The van der Waals surface area contributed by atoms with Gasteiger partial charge in [-0.2, -0.15) is 0 Å². The molecule has 1 aliphatic rings. The molecular formula is C21H22N2O4. The number of hydrogen-bond acceptors (Lipinski definition) is 3. The fourth-order valence-electron chi connectivity index (χ4n) is 3.44. The van der Waals surface area contributed by atoms with E-state index >= 15 is 0 Å². The van der Waals surface area contributed by atoms with Crippen molar-refractivity contribution in [3.8, 4) is 0 Å². The number of carbonyl (C=O) groups excluding carboxylic acids is 2. The van der Waals surface area contributed by atoms with Crippen LogP contribution < -0.4 is 10.6 Å². The molecule has 0 aromatic heterocycles. The van der Waals surface area contributed by atoms with Crippen LogP contribution in [0.1, 0.15) is 30.9 Å². The second-order valence-corrected chi connectivity index (χ2v) is 6.91. The molecule has 27 heavy (non-hydrogen) atoms. The normalized spacial score (nSPS) is 14.3. The van der Waals surface area contributed by atoms with E-state index in [0.717, 1.165) is 11.1 Å². The maximum absolute atomic E-state index is 12.5. The van der Waals surface area contributed by atoms with Gasteiger partial charge in [0.2, 0.25) is 11.8 Å². The number of carboxylic acid groups (broad SMARTS) is 1. The van der Waals surface area contributed by atoms with E-state index in [1.165, 1.54) is 0 Å². The first-order valence-electron chi connectivity index (χ1n) is 8.92. The monoisotopic (exact) mass is 366 g/mol. The molecule has 0 bridgehead atoms. The first-order chi connectivity index (χ1) is 12.9. The van der Waals surface area contributed by atoms with E-state index < -0.39 is 11.4 Å². The van der Waals surface area contributed by atoms with Crippen LogP contribution in [0.4, 0.5) is 11.4 Å². The summed E-state index contributed by atoms with van der Waals surface area (Å²) in [4.78, 5) is 35.8. The van der Waals surface area contributed by atoms with Crippen molar-refractivity contribution in [2.75, 3.05) is 10.6 Å². The van der Waals surface area contributed by atoms with Gasteiger partial charge < -0.3 is 15.7 Å². The zero-order valence-electron chi connectivity index (χ0n) is 15.1. The topological polar surface area (TPSA) is 95.5 Å². The van der Waals surface area contributed by atoms with Crippen molar-refractivity contribution in [2.24, 2.45) is 5.41 Å². The Labute approximate surface area is 157 Å². The minimum Gasteiger partial charge on any atom is -0.481 e. The Kier molecular flexibility index (Phi) is 5.26. The number of carbonyl (C=O) groups is 3. The van der Waals surface area contributed by atoms with Gasteiger partial charge in [0.15, 0.2) is 0 Å². The third kappa shape index (κ3) is 4.16. The van der Waals surface area contributed by atoms with Crippen LogP contribution >= 0.6 is 0 Å². The van der Waals surface area contributed by atoms with Gasteiger partial charge in [-0.25, -0.2) is 0 Å². The Balaban J connectivity index is 1.66. The molecule has 3 rings (SSSR count). The quantitative estimate of drug-likeness (QED) is 0.731. The predicted molar refractivity (Wildman–Crippen MR) is 103 cm³/mol. The summed E-state index contributed by atoms with van der Waals surface area (Å²) in [5.74, 6) is -1.38. The maximum atomic E-state index is 12.5. The Morgan fingerprint density at radius 2 is 1.37 bits per heavy atom. The first-order valence-corrected chi connectivity index (χ1v) is 8.92. The summed E-state index contributed by atoms with van der Waals surface area (Å²) in [6.07, 6.45) is 1.01. The summed E-state index contributed by atoms with van der Waals surface area (Å²) in [6.45, 7) is 1.77. The van der Waals surface area contributed by atoms with Crippen LogP contribution in [-0.2, 0) is 27.2 Å². The minimum absolute atomic E-state index is 0.0871. The van der Waals surface area contributed by atoms with Crippen LogP contribution in [0.25, 0.3) is 0 Å². The summed E-state index contributed by atoms with van der Waals surface area (Å²) in [6, 6.07) is 14.4. The number of nitrogens with one attached hydrogen (secondary N) is 2. The molecule has 0 spiro atoms. The van der Waals surface area contributed by atoms with Gasteiger partial charge in [0.25, 0.3) is 0 Å². The number of anilines is 2. The van der Waals surface area contributed by atoms with Gasteiger partial charge in [0.1, 0.15) is 0 Å². The number of aliphatic carboxylic acids is 1. The molecule has 0 aliphatic heterocycles. The molecule has 0 saturated carbocycles. The Morgan fingerprint density at radius 1 is 0.889 bits per heavy atom. The lowest BCUT2D eigenvalue weighted by Gasteiger charge is -2.23. The summed E-state index contributed by atoms with van der Waals surface area (Å²) in [5, 5.41) is 15.3. The minimum atomic E-state index is -1.11. The lowest BCUT2D eigenvalue weighted by Crippen LogP contribution is -2.36. The molecule has 2 aromatic carbocycles. The number of benzene rings is 2. The van der Waals surface area contributed by atoms with Gasteiger partial charge in [0, 0.05) is 24.2 Å². The SMILES string of the molecule is CCC(=O)Nc1ccc(NC(=O)CC2(C(=O)O)Cc3ccccc3C2)cc1. The second-order valence-electron chi connectivity index (χ2n) is 6.91. The lowest BCUT2D eigenvalue weighted by molar-refractivity contribution is -0.150. The second kappa shape index (κ2) is 7.61. The van der Waals surface area contributed by atoms with Gasteiger partial charge in [-0.05, 0) is 48.2 Å². The van der Waals surface area contributed by atoms with Crippen molar-refractivity contribution >= 4 is 29.2 Å². The highest BCUT2D eigenvalue weighted by atomic mass is 16.4. The van der Waals surface area contributed by atoms with Gasteiger partial charge in [-0.1, -0.05) is 31.2 Å². The standard InChI is InChI=1S/C21H22N2O4/c1-2-18(24)22-16-7-9-17(10-8-16)23-19(25)13-21(20(26)27)11-14-5-3-4-6-15(14)12-21/h3-10H,2,11-13H2,1H3,(H,22,24)(H,23,25)(H,26,27). The Hall–Kier alpha value is -3.15. The highest BCUT2D eigenvalue weighted by molar-refractivity contribution is 5.95. The molecule has 2 aromatic rings. The summed E-state index contributed by atoms with van der Waals surface area (Å²) in [5.41, 5.74) is 2.08. The van der Waals surface area contributed by atoms with E-state index in [0.29, 0.717) is 30.6 Å². The average molecular weight is 366 g/mol. The maximum Gasteiger partial charge on any atom is 0.310 e. The number of rotatable bonds is 6. The van der Waals surface area contributed by atoms with Crippen molar-refractivity contribution in [1.82, 2.24) is 0 Å². The van der Waals surface area contributed by atoms with Crippen LogP contribution in [-0.4, -0.2) is 22.9 Å². The van der Waals surface area contributed by atoms with Crippen LogP contribution in [0.2, 0.25) is 0 Å². The van der Waals surface area contributed by atoms with Crippen molar-refractivity contribution in [1.29, 1.82) is 0 Å². The largest absolute Gasteiger partial charge is 0.481 e. The molecule has 0 radical (unpaired) electrons. The molecule has 140 valence electrons. The third-order valence-corrected chi connectivity index (χ3v) is 4.90. The lowest BCUT2D eigenvalue weighted by atomic mass is 9.81. The van der Waals surface area contributed by atoms with Crippen LogP contribution in [0.3, 0.4) is 0 Å². The Morgan fingerprint density at radius 3 is 1.81 bits per heavy atom. The molecule has 0 saturated heterocycles. The highest BCUT2D eigenvalue weighted by Gasteiger charge is 2.45. The van der Waals surface area contributed by atoms with Gasteiger partial charge >= 0.3 is 5.97 Å². The number of amides is 2. The fourth-order valence-corrected chi connectivity index (χ4v) is 3.44. The smallest absolute Gasteiger partial charge is 0.310 e. The van der Waals surface area contributed by atoms with Gasteiger partial charge in [-0.3, -0.25) is 14.4 Å². The van der Waals surface area contributed by atoms with Crippen LogP contribution in [0, 0.1) is 5.41 Å². The number of carboxylic acids is 1. The Bertz CT molecular complexity index is 849. The van der Waals surface area contributed by atoms with E-state index in [4.69, 9.17) is 0 Å². The zero-order chi connectivity index (χ0) is 19.4. The van der Waals surface area contributed by atoms with Gasteiger partial charge in [0.05, 0.1) is 5.41 Å². The predicted octanol–water partition coefficient (Wildman–Crippen LogP) is 3.23. The molecule has 2 amide bonds. The van der Waals surface area contributed by atoms with Crippen molar-refractivity contribution in [3.63, 3.8) is 0 Å². The average Bonchev–Trinajstić information content (AvgIpc) is 3.02. The van der Waals surface area contributed by atoms with Crippen molar-refractivity contribution in [2.45, 2.75) is 32.6 Å². The van der Waals surface area contributed by atoms with Gasteiger partial charge in [-0.15, -0.1) is 0 Å². The fraction of sp³-hybridized carbons (Fsp3) is 0.286. The molecule has 0 atom stereocenters. The summed E-state index contributed by atoms with van der Waals surface area (Å²) < 4.78 is 0. The van der Waals surface area contributed by atoms with E-state index in [1.807, 2.05) is 24.3 Å². The van der Waals surface area contributed by atoms with Crippen molar-refractivity contribution in [3.05, 3.63) is 59.7 Å². The highest BCUT2D eigenvalue weighted by Crippen LogP contribution is 2.40. The third-order valence-electron chi connectivity index (χ3n) is 4.90. The molecule has 6 heteroatoms. The molecular weight excluding hydrogens is 344 g/mol. The zero-order valence-corrected chi connectivity index (χ0v) is 15.1. The molecule has 0 fully saturated rings.